The Morgan fingerprint density at radius 2 is 1.54 bits per heavy atom. The van der Waals surface area contributed by atoms with E-state index in [0.717, 1.165) is 11.5 Å². The van der Waals surface area contributed by atoms with Crippen molar-refractivity contribution in [3.05, 3.63) is 60.2 Å². The van der Waals surface area contributed by atoms with Crippen LogP contribution in [0.2, 0.25) is 0 Å². The lowest BCUT2D eigenvalue weighted by Gasteiger charge is -2.10. The van der Waals surface area contributed by atoms with Gasteiger partial charge in [0.2, 0.25) is 5.91 Å². The van der Waals surface area contributed by atoms with Gasteiger partial charge in [-0.3, -0.25) is 4.79 Å². The third kappa shape index (κ3) is 6.32. The molecule has 24 heavy (non-hydrogen) atoms. The Morgan fingerprint density at radius 1 is 0.917 bits per heavy atom. The minimum Gasteiger partial charge on any atom is -0.493 e. The predicted octanol–water partition coefficient (Wildman–Crippen LogP) is 3.77. The fraction of sp³-hybridized carbons (Fsp3) is 0.350. The molecule has 4 heteroatoms. The highest BCUT2D eigenvalue weighted by atomic mass is 16.5. The van der Waals surface area contributed by atoms with Crippen LogP contribution in [-0.4, -0.2) is 25.7 Å². The van der Waals surface area contributed by atoms with Crippen LogP contribution in [0, 0.1) is 0 Å². The lowest BCUT2D eigenvalue weighted by molar-refractivity contribution is -0.121. The third-order valence-electron chi connectivity index (χ3n) is 3.58. The van der Waals surface area contributed by atoms with E-state index in [0.29, 0.717) is 32.1 Å². The molecule has 0 aliphatic heterocycles. The molecular formula is C20H25NO3. The van der Waals surface area contributed by atoms with Gasteiger partial charge in [-0.05, 0) is 35.7 Å². The quantitative estimate of drug-likeness (QED) is 0.713. The molecule has 0 bridgehead atoms. The van der Waals surface area contributed by atoms with Gasteiger partial charge in [0, 0.05) is 0 Å². The Morgan fingerprint density at radius 3 is 2.21 bits per heavy atom. The van der Waals surface area contributed by atoms with E-state index in [1.54, 1.807) is 0 Å². The van der Waals surface area contributed by atoms with Gasteiger partial charge in [0.25, 0.3) is 0 Å². The van der Waals surface area contributed by atoms with E-state index in [4.69, 9.17) is 9.47 Å². The number of ether oxygens (including phenoxy) is 2. The van der Waals surface area contributed by atoms with Gasteiger partial charge in [-0.15, -0.1) is 0 Å². The van der Waals surface area contributed by atoms with Crippen LogP contribution >= 0.6 is 0 Å². The number of carbonyl (C=O) groups is 1. The molecule has 0 aliphatic carbocycles. The van der Waals surface area contributed by atoms with Gasteiger partial charge < -0.3 is 14.8 Å². The van der Waals surface area contributed by atoms with E-state index in [-0.39, 0.29) is 5.91 Å². The van der Waals surface area contributed by atoms with Crippen molar-refractivity contribution in [1.29, 1.82) is 0 Å². The molecule has 0 aliphatic rings. The lowest BCUT2D eigenvalue weighted by atomic mass is 10.0. The smallest absolute Gasteiger partial charge is 0.223 e. The number of nitrogens with one attached hydrogen (secondary N) is 1. The summed E-state index contributed by atoms with van der Waals surface area (Å²) in [5, 5.41) is 2.82. The van der Waals surface area contributed by atoms with Crippen molar-refractivity contribution < 1.29 is 14.3 Å². The fourth-order valence-corrected chi connectivity index (χ4v) is 2.17. The summed E-state index contributed by atoms with van der Waals surface area (Å²) in [4.78, 5) is 11.7. The molecule has 2 aromatic rings. The first kappa shape index (κ1) is 17.9. The van der Waals surface area contributed by atoms with Crippen LogP contribution in [-0.2, 0) is 4.79 Å². The fourth-order valence-electron chi connectivity index (χ4n) is 2.17. The largest absolute Gasteiger partial charge is 0.493 e. The average Bonchev–Trinajstić information content (AvgIpc) is 2.60. The number of benzene rings is 2. The number of hydrogen-bond donors (Lipinski definition) is 1. The molecule has 0 fully saturated rings. The molecule has 2 rings (SSSR count). The first-order valence-corrected chi connectivity index (χ1v) is 8.32. The Labute approximate surface area is 143 Å². The summed E-state index contributed by atoms with van der Waals surface area (Å²) < 4.78 is 11.1. The van der Waals surface area contributed by atoms with Crippen LogP contribution in [0.1, 0.15) is 31.7 Å². The van der Waals surface area contributed by atoms with E-state index in [1.807, 2.05) is 42.5 Å². The van der Waals surface area contributed by atoms with E-state index in [1.165, 1.54) is 5.56 Å². The molecule has 0 heterocycles. The van der Waals surface area contributed by atoms with E-state index < -0.39 is 0 Å². The Bertz CT molecular complexity index is 609. The summed E-state index contributed by atoms with van der Waals surface area (Å²) in [6, 6.07) is 17.5. The Balaban J connectivity index is 1.57. The van der Waals surface area contributed by atoms with Gasteiger partial charge in [-0.25, -0.2) is 0 Å². The number of para-hydroxylation sites is 1. The second-order valence-electron chi connectivity index (χ2n) is 5.83. The number of rotatable bonds is 9. The molecule has 0 saturated carbocycles. The standard InChI is InChI=1S/C20H25NO3/c1-16(2)17-8-10-19(11-9-17)24-15-13-21-20(22)12-14-23-18-6-4-3-5-7-18/h3-11,16H,12-15H2,1-2H3,(H,21,22). The molecule has 0 aromatic heterocycles. The maximum absolute atomic E-state index is 11.7. The van der Waals surface area contributed by atoms with Crippen molar-refractivity contribution in [3.63, 3.8) is 0 Å². The highest BCUT2D eigenvalue weighted by Crippen LogP contribution is 2.18. The van der Waals surface area contributed by atoms with E-state index >= 15 is 0 Å². The van der Waals surface area contributed by atoms with Crippen molar-refractivity contribution in [2.24, 2.45) is 0 Å². The first-order chi connectivity index (χ1) is 11.6. The van der Waals surface area contributed by atoms with Crippen LogP contribution in [0.3, 0.4) is 0 Å². The van der Waals surface area contributed by atoms with Crippen LogP contribution < -0.4 is 14.8 Å². The molecule has 0 radical (unpaired) electrons. The van der Waals surface area contributed by atoms with Crippen LogP contribution in [0.25, 0.3) is 0 Å². The molecule has 0 spiro atoms. The molecule has 0 atom stereocenters. The summed E-state index contributed by atoms with van der Waals surface area (Å²) in [5.41, 5.74) is 1.29. The summed E-state index contributed by atoms with van der Waals surface area (Å²) in [6.45, 7) is 5.62. The van der Waals surface area contributed by atoms with Gasteiger partial charge in [0.1, 0.15) is 18.1 Å². The van der Waals surface area contributed by atoms with Crippen molar-refractivity contribution in [1.82, 2.24) is 5.32 Å². The minimum atomic E-state index is -0.0373. The van der Waals surface area contributed by atoms with Gasteiger partial charge >= 0.3 is 0 Å². The zero-order valence-corrected chi connectivity index (χ0v) is 14.3. The molecule has 1 N–H and O–H groups in total. The van der Waals surface area contributed by atoms with E-state index in [2.05, 4.69) is 31.3 Å². The van der Waals surface area contributed by atoms with Crippen molar-refractivity contribution in [2.75, 3.05) is 19.8 Å². The molecule has 1 amide bonds. The van der Waals surface area contributed by atoms with Gasteiger partial charge in [-0.1, -0.05) is 44.2 Å². The third-order valence-corrected chi connectivity index (χ3v) is 3.58. The molecular weight excluding hydrogens is 302 g/mol. The normalized spacial score (nSPS) is 10.5. The highest BCUT2D eigenvalue weighted by Gasteiger charge is 2.02. The van der Waals surface area contributed by atoms with Crippen LogP contribution in [0.15, 0.2) is 54.6 Å². The number of carbonyl (C=O) groups excluding carboxylic acids is 1. The summed E-state index contributed by atoms with van der Waals surface area (Å²) in [5.74, 6) is 2.07. The average molecular weight is 327 g/mol. The van der Waals surface area contributed by atoms with Crippen molar-refractivity contribution in [2.45, 2.75) is 26.2 Å². The summed E-state index contributed by atoms with van der Waals surface area (Å²) >= 11 is 0. The Hall–Kier alpha value is -2.49. The van der Waals surface area contributed by atoms with Crippen LogP contribution in [0.4, 0.5) is 0 Å². The maximum Gasteiger partial charge on any atom is 0.223 e. The predicted molar refractivity (Wildman–Crippen MR) is 95.6 cm³/mol. The molecule has 2 aromatic carbocycles. The maximum atomic E-state index is 11.7. The zero-order chi connectivity index (χ0) is 17.2. The summed E-state index contributed by atoms with van der Waals surface area (Å²) in [6.07, 6.45) is 0.331. The topological polar surface area (TPSA) is 47.6 Å². The number of amides is 1. The summed E-state index contributed by atoms with van der Waals surface area (Å²) in [7, 11) is 0. The van der Waals surface area contributed by atoms with E-state index in [9.17, 15) is 4.79 Å². The highest BCUT2D eigenvalue weighted by molar-refractivity contribution is 5.75. The Kier molecular flexibility index (Phi) is 7.15. The monoisotopic (exact) mass is 327 g/mol. The second-order valence-corrected chi connectivity index (χ2v) is 5.83. The lowest BCUT2D eigenvalue weighted by Crippen LogP contribution is -2.29. The van der Waals surface area contributed by atoms with Gasteiger partial charge in [0.05, 0.1) is 19.6 Å². The van der Waals surface area contributed by atoms with Crippen LogP contribution in [0.5, 0.6) is 11.5 Å². The molecule has 0 unspecified atom stereocenters. The second kappa shape index (κ2) is 9.60. The van der Waals surface area contributed by atoms with Gasteiger partial charge in [-0.2, -0.15) is 0 Å². The zero-order valence-electron chi connectivity index (χ0n) is 14.3. The molecule has 0 saturated heterocycles. The molecule has 128 valence electrons. The van der Waals surface area contributed by atoms with Crippen molar-refractivity contribution in [3.8, 4) is 11.5 Å². The SMILES string of the molecule is CC(C)c1ccc(OCCNC(=O)CCOc2ccccc2)cc1. The molecule has 4 nitrogen and oxygen atoms in total. The minimum absolute atomic E-state index is 0.0373. The first-order valence-electron chi connectivity index (χ1n) is 8.32. The van der Waals surface area contributed by atoms with Gasteiger partial charge in [0.15, 0.2) is 0 Å². The van der Waals surface area contributed by atoms with Crippen molar-refractivity contribution >= 4 is 5.91 Å². The number of hydrogen-bond acceptors (Lipinski definition) is 3.